The SMILES string of the molecule is COc1ccc(-c2ccncc2)c2nc(NC(=O)N3CCC4(COC4)C3)[nH]c12. The average molecular weight is 379 g/mol. The van der Waals surface area contributed by atoms with E-state index in [0.29, 0.717) is 11.7 Å². The fraction of sp³-hybridized carbons (Fsp3) is 0.350. The number of nitrogens with one attached hydrogen (secondary N) is 2. The van der Waals surface area contributed by atoms with Gasteiger partial charge in [0.25, 0.3) is 0 Å². The second-order valence-electron chi connectivity index (χ2n) is 7.45. The molecule has 0 aliphatic carbocycles. The number of nitrogens with zero attached hydrogens (tertiary/aromatic N) is 3. The predicted octanol–water partition coefficient (Wildman–Crippen LogP) is 2.89. The number of H-pyrrole nitrogens is 1. The molecule has 3 aromatic rings. The van der Waals surface area contributed by atoms with E-state index < -0.39 is 0 Å². The molecule has 0 unspecified atom stereocenters. The van der Waals surface area contributed by atoms with Crippen molar-refractivity contribution in [2.24, 2.45) is 5.41 Å². The van der Waals surface area contributed by atoms with Crippen LogP contribution >= 0.6 is 0 Å². The van der Waals surface area contributed by atoms with E-state index in [1.807, 2.05) is 29.2 Å². The number of urea groups is 1. The summed E-state index contributed by atoms with van der Waals surface area (Å²) in [5, 5.41) is 2.90. The Bertz CT molecular complexity index is 1030. The van der Waals surface area contributed by atoms with Gasteiger partial charge >= 0.3 is 6.03 Å². The summed E-state index contributed by atoms with van der Waals surface area (Å²) in [6, 6.07) is 7.57. The van der Waals surface area contributed by atoms with Gasteiger partial charge < -0.3 is 19.4 Å². The van der Waals surface area contributed by atoms with Gasteiger partial charge in [-0.1, -0.05) is 0 Å². The number of hydrogen-bond donors (Lipinski definition) is 2. The van der Waals surface area contributed by atoms with Crippen LogP contribution in [-0.4, -0.2) is 59.3 Å². The monoisotopic (exact) mass is 379 g/mol. The molecule has 1 spiro atoms. The Labute approximate surface area is 161 Å². The Morgan fingerprint density at radius 2 is 2.11 bits per heavy atom. The first-order valence-electron chi connectivity index (χ1n) is 9.28. The highest BCUT2D eigenvalue weighted by molar-refractivity contribution is 5.98. The van der Waals surface area contributed by atoms with E-state index in [0.717, 1.165) is 54.9 Å². The van der Waals surface area contributed by atoms with Crippen LogP contribution in [0, 0.1) is 5.41 Å². The number of ether oxygens (including phenoxy) is 2. The minimum atomic E-state index is -0.146. The van der Waals surface area contributed by atoms with Gasteiger partial charge in [-0.25, -0.2) is 9.78 Å². The van der Waals surface area contributed by atoms with Gasteiger partial charge in [0.05, 0.1) is 20.3 Å². The Kier molecular flexibility index (Phi) is 3.94. The molecule has 5 rings (SSSR count). The maximum Gasteiger partial charge on any atom is 0.324 e. The predicted molar refractivity (Wildman–Crippen MR) is 104 cm³/mol. The first-order chi connectivity index (χ1) is 13.7. The molecule has 8 heteroatoms. The molecule has 8 nitrogen and oxygen atoms in total. The molecule has 0 saturated carbocycles. The fourth-order valence-corrected chi connectivity index (χ4v) is 3.98. The molecular weight excluding hydrogens is 358 g/mol. The lowest BCUT2D eigenvalue weighted by atomic mass is 9.85. The number of rotatable bonds is 3. The molecule has 2 N–H and O–H groups in total. The lowest BCUT2D eigenvalue weighted by Gasteiger charge is -2.37. The summed E-state index contributed by atoms with van der Waals surface area (Å²) in [5.74, 6) is 1.08. The number of anilines is 1. The highest BCUT2D eigenvalue weighted by atomic mass is 16.5. The molecule has 2 aromatic heterocycles. The molecule has 144 valence electrons. The summed E-state index contributed by atoms with van der Waals surface area (Å²) in [4.78, 5) is 26.4. The largest absolute Gasteiger partial charge is 0.494 e. The summed E-state index contributed by atoms with van der Waals surface area (Å²) < 4.78 is 10.8. The van der Waals surface area contributed by atoms with Crippen molar-refractivity contribution in [1.29, 1.82) is 0 Å². The summed E-state index contributed by atoms with van der Waals surface area (Å²) in [6.45, 7) is 2.95. The Morgan fingerprint density at radius 3 is 2.79 bits per heavy atom. The van der Waals surface area contributed by atoms with Gasteiger partial charge in [0, 0.05) is 36.5 Å². The first kappa shape index (κ1) is 17.0. The minimum absolute atomic E-state index is 0.146. The first-order valence-corrected chi connectivity index (χ1v) is 9.28. The van der Waals surface area contributed by atoms with Crippen LogP contribution in [0.4, 0.5) is 10.7 Å². The van der Waals surface area contributed by atoms with E-state index in [1.54, 1.807) is 19.5 Å². The molecule has 2 saturated heterocycles. The van der Waals surface area contributed by atoms with E-state index in [4.69, 9.17) is 9.47 Å². The number of fused-ring (bicyclic) bond motifs is 1. The molecular formula is C20H21N5O3. The zero-order valence-electron chi connectivity index (χ0n) is 15.6. The summed E-state index contributed by atoms with van der Waals surface area (Å²) >= 11 is 0. The normalized spacial score (nSPS) is 17.7. The Morgan fingerprint density at radius 1 is 1.29 bits per heavy atom. The molecule has 1 aromatic carbocycles. The van der Waals surface area contributed by atoms with Crippen molar-refractivity contribution >= 4 is 23.0 Å². The van der Waals surface area contributed by atoms with Gasteiger partial charge in [-0.15, -0.1) is 0 Å². The van der Waals surface area contributed by atoms with Crippen molar-refractivity contribution in [2.75, 3.05) is 38.7 Å². The number of aromatic amines is 1. The number of amides is 2. The van der Waals surface area contributed by atoms with Crippen LogP contribution in [0.1, 0.15) is 6.42 Å². The number of carbonyl (C=O) groups excluding carboxylic acids is 1. The number of pyridine rings is 1. The van der Waals surface area contributed by atoms with E-state index in [2.05, 4.69) is 20.3 Å². The van der Waals surface area contributed by atoms with E-state index in [9.17, 15) is 4.79 Å². The quantitative estimate of drug-likeness (QED) is 0.730. The van der Waals surface area contributed by atoms with Crippen LogP contribution in [0.2, 0.25) is 0 Å². The smallest absolute Gasteiger partial charge is 0.324 e. The topological polar surface area (TPSA) is 92.4 Å². The molecule has 2 aliphatic rings. The third-order valence-corrected chi connectivity index (χ3v) is 5.59. The second kappa shape index (κ2) is 6.49. The third kappa shape index (κ3) is 2.77. The van der Waals surface area contributed by atoms with Crippen molar-refractivity contribution in [3.63, 3.8) is 0 Å². The lowest BCUT2D eigenvalue weighted by Crippen LogP contribution is -2.46. The van der Waals surface area contributed by atoms with E-state index in [1.165, 1.54) is 0 Å². The number of likely N-dealkylation sites (tertiary alicyclic amines) is 1. The number of aromatic nitrogens is 3. The van der Waals surface area contributed by atoms with Gasteiger partial charge in [0.15, 0.2) is 0 Å². The Hall–Kier alpha value is -3.13. The van der Waals surface area contributed by atoms with Crippen LogP contribution in [0.3, 0.4) is 0 Å². The lowest BCUT2D eigenvalue weighted by molar-refractivity contribution is -0.103. The van der Waals surface area contributed by atoms with E-state index in [-0.39, 0.29) is 11.4 Å². The minimum Gasteiger partial charge on any atom is -0.494 e. The maximum atomic E-state index is 12.7. The molecule has 0 atom stereocenters. The molecule has 4 heterocycles. The number of imidazole rings is 1. The van der Waals surface area contributed by atoms with Crippen molar-refractivity contribution in [3.8, 4) is 16.9 Å². The standard InChI is InChI=1S/C20H21N5O3/c1-27-15-3-2-14(13-4-7-21-8-5-13)16-17(15)23-18(22-16)24-19(26)25-9-6-20(10-25)11-28-12-20/h2-5,7-8H,6,9-12H2,1H3,(H2,22,23,24,26). The van der Waals surface area contributed by atoms with Gasteiger partial charge in [0.2, 0.25) is 5.95 Å². The summed E-state index contributed by atoms with van der Waals surface area (Å²) in [6.07, 6.45) is 4.47. The fourth-order valence-electron chi connectivity index (χ4n) is 3.98. The van der Waals surface area contributed by atoms with Crippen LogP contribution in [0.15, 0.2) is 36.7 Å². The highest BCUT2D eigenvalue weighted by Crippen LogP contribution is 2.38. The molecule has 2 amide bonds. The highest BCUT2D eigenvalue weighted by Gasteiger charge is 2.45. The zero-order chi connectivity index (χ0) is 19.1. The molecule has 2 aliphatic heterocycles. The van der Waals surface area contributed by atoms with Crippen molar-refractivity contribution < 1.29 is 14.3 Å². The van der Waals surface area contributed by atoms with Crippen LogP contribution < -0.4 is 10.1 Å². The van der Waals surface area contributed by atoms with Crippen LogP contribution in [0.5, 0.6) is 5.75 Å². The van der Waals surface area contributed by atoms with Crippen LogP contribution in [0.25, 0.3) is 22.2 Å². The zero-order valence-corrected chi connectivity index (χ0v) is 15.6. The van der Waals surface area contributed by atoms with Crippen molar-refractivity contribution in [1.82, 2.24) is 19.9 Å². The second-order valence-corrected chi connectivity index (χ2v) is 7.45. The summed E-state index contributed by atoms with van der Waals surface area (Å²) in [7, 11) is 1.62. The number of hydrogen-bond acceptors (Lipinski definition) is 5. The van der Waals surface area contributed by atoms with Gasteiger partial charge in [-0.05, 0) is 36.2 Å². The Balaban J connectivity index is 1.45. The van der Waals surface area contributed by atoms with Gasteiger partial charge in [0.1, 0.15) is 16.8 Å². The van der Waals surface area contributed by atoms with Gasteiger partial charge in [-0.3, -0.25) is 10.3 Å². The molecule has 0 bridgehead atoms. The average Bonchev–Trinajstić information content (AvgIpc) is 3.32. The molecule has 2 fully saturated rings. The maximum absolute atomic E-state index is 12.7. The van der Waals surface area contributed by atoms with E-state index >= 15 is 0 Å². The van der Waals surface area contributed by atoms with Crippen molar-refractivity contribution in [3.05, 3.63) is 36.7 Å². The summed E-state index contributed by atoms with van der Waals surface area (Å²) in [5.41, 5.74) is 3.59. The third-order valence-electron chi connectivity index (χ3n) is 5.59. The molecule has 28 heavy (non-hydrogen) atoms. The van der Waals surface area contributed by atoms with Crippen LogP contribution in [-0.2, 0) is 4.74 Å². The number of methoxy groups -OCH3 is 1. The number of carbonyl (C=O) groups is 1. The molecule has 0 radical (unpaired) electrons. The van der Waals surface area contributed by atoms with Crippen molar-refractivity contribution in [2.45, 2.75) is 6.42 Å². The number of benzene rings is 1. The van der Waals surface area contributed by atoms with Gasteiger partial charge in [-0.2, -0.15) is 0 Å².